The smallest absolute Gasteiger partial charge is 0.254 e. The minimum Gasteiger partial charge on any atom is -0.394 e. The number of nitrogens with one attached hydrogen (secondary N) is 1. The van der Waals surface area contributed by atoms with Crippen LogP contribution in [0, 0.1) is 0 Å². The first kappa shape index (κ1) is 30.0. The van der Waals surface area contributed by atoms with Gasteiger partial charge in [0.25, 0.3) is 5.91 Å². The van der Waals surface area contributed by atoms with Crippen LogP contribution in [0.2, 0.25) is 0 Å². The summed E-state index contributed by atoms with van der Waals surface area (Å²) in [6.45, 7) is 5.21. The zero-order chi connectivity index (χ0) is 28.2. The molecule has 0 bridgehead atoms. The number of hydrogen-bond donors (Lipinski definition) is 4. The highest BCUT2D eigenvalue weighted by Gasteiger charge is 2.31. The standard InChI is InChI=1S/C32H41N3O4/c1-3-18-35(19-4-2)32(39)26-17-11-16-25(31(33)38)30(26)27(20-23-12-7-5-8-13-23)29(37)21-34-28(22-36)24-14-9-6-10-15-24/h5-17,27-29,34,36-37H,3-4,18-22H2,1-2H3,(H2,33,38)/t27-,28-,29+/m1/s1. The van der Waals surface area contributed by atoms with Crippen molar-refractivity contribution in [3.8, 4) is 0 Å². The van der Waals surface area contributed by atoms with Gasteiger partial charge in [0.15, 0.2) is 0 Å². The van der Waals surface area contributed by atoms with Crippen LogP contribution in [0.15, 0.2) is 78.9 Å². The summed E-state index contributed by atoms with van der Waals surface area (Å²) in [6.07, 6.45) is 1.02. The van der Waals surface area contributed by atoms with Gasteiger partial charge in [-0.1, -0.05) is 80.6 Å². The summed E-state index contributed by atoms with van der Waals surface area (Å²) in [7, 11) is 0. The molecule has 0 aliphatic heterocycles. The van der Waals surface area contributed by atoms with Gasteiger partial charge in [-0.05, 0) is 48.1 Å². The molecule has 3 aromatic rings. The molecule has 0 heterocycles. The number of carbonyl (C=O) groups is 2. The van der Waals surface area contributed by atoms with Crippen molar-refractivity contribution in [1.82, 2.24) is 10.2 Å². The van der Waals surface area contributed by atoms with Gasteiger partial charge in [0.2, 0.25) is 5.91 Å². The largest absolute Gasteiger partial charge is 0.394 e. The molecular formula is C32H41N3O4. The van der Waals surface area contributed by atoms with Crippen LogP contribution in [0.4, 0.5) is 0 Å². The Balaban J connectivity index is 2.05. The number of nitrogens with two attached hydrogens (primary N) is 1. The van der Waals surface area contributed by atoms with E-state index in [4.69, 9.17) is 5.73 Å². The second-order valence-electron chi connectivity index (χ2n) is 9.84. The lowest BCUT2D eigenvalue weighted by atomic mass is 9.81. The molecule has 0 saturated carbocycles. The second kappa shape index (κ2) is 15.2. The van der Waals surface area contributed by atoms with E-state index in [-0.39, 0.29) is 30.7 Å². The van der Waals surface area contributed by atoms with Gasteiger partial charge < -0.3 is 26.2 Å². The number of hydrogen-bond acceptors (Lipinski definition) is 5. The molecule has 3 aromatic carbocycles. The van der Waals surface area contributed by atoms with E-state index in [0.29, 0.717) is 30.6 Å². The lowest BCUT2D eigenvalue weighted by Gasteiger charge is -2.30. The van der Waals surface area contributed by atoms with E-state index in [1.807, 2.05) is 74.5 Å². The number of carbonyl (C=O) groups excluding carboxylic acids is 2. The third kappa shape index (κ3) is 7.99. The summed E-state index contributed by atoms with van der Waals surface area (Å²) >= 11 is 0. The predicted molar refractivity (Wildman–Crippen MR) is 155 cm³/mol. The molecule has 0 aliphatic carbocycles. The van der Waals surface area contributed by atoms with E-state index in [1.165, 1.54) is 0 Å². The zero-order valence-corrected chi connectivity index (χ0v) is 22.9. The topological polar surface area (TPSA) is 116 Å². The van der Waals surface area contributed by atoms with Crippen LogP contribution in [-0.4, -0.2) is 59.3 Å². The SMILES string of the molecule is CCCN(CCC)C(=O)c1cccc(C(N)=O)c1[C@H](Cc1ccccc1)[C@@H](O)CN[C@H](CO)c1ccccc1. The zero-order valence-electron chi connectivity index (χ0n) is 22.9. The second-order valence-corrected chi connectivity index (χ2v) is 9.84. The summed E-state index contributed by atoms with van der Waals surface area (Å²) in [4.78, 5) is 28.3. The molecule has 2 amide bonds. The van der Waals surface area contributed by atoms with Crippen molar-refractivity contribution in [2.45, 2.75) is 51.2 Å². The number of aliphatic hydroxyl groups excluding tert-OH is 2. The van der Waals surface area contributed by atoms with Crippen LogP contribution >= 0.6 is 0 Å². The Morgan fingerprint density at radius 2 is 1.46 bits per heavy atom. The molecule has 0 unspecified atom stereocenters. The number of primary amides is 1. The van der Waals surface area contributed by atoms with E-state index in [1.54, 1.807) is 23.1 Å². The molecule has 3 rings (SSSR count). The average molecular weight is 532 g/mol. The normalized spacial score (nSPS) is 13.4. The first-order chi connectivity index (χ1) is 18.9. The Hall–Kier alpha value is -3.52. The van der Waals surface area contributed by atoms with E-state index in [2.05, 4.69) is 5.32 Å². The molecular weight excluding hydrogens is 490 g/mol. The first-order valence-electron chi connectivity index (χ1n) is 13.7. The van der Waals surface area contributed by atoms with Gasteiger partial charge in [-0.15, -0.1) is 0 Å². The Morgan fingerprint density at radius 1 is 0.872 bits per heavy atom. The van der Waals surface area contributed by atoms with Gasteiger partial charge in [0, 0.05) is 36.7 Å². The Labute approximate surface area is 231 Å². The fourth-order valence-corrected chi connectivity index (χ4v) is 5.07. The molecule has 7 heteroatoms. The van der Waals surface area contributed by atoms with Crippen LogP contribution in [-0.2, 0) is 6.42 Å². The lowest BCUT2D eigenvalue weighted by molar-refractivity contribution is 0.0751. The first-order valence-corrected chi connectivity index (χ1v) is 13.7. The van der Waals surface area contributed by atoms with E-state index in [0.717, 1.165) is 24.0 Å². The predicted octanol–water partition coefficient (Wildman–Crippen LogP) is 4.06. The molecule has 0 saturated heterocycles. The Bertz CT molecular complexity index is 1180. The van der Waals surface area contributed by atoms with E-state index < -0.39 is 17.9 Å². The number of nitrogens with zero attached hydrogens (tertiary/aromatic N) is 1. The maximum atomic E-state index is 13.8. The molecule has 0 aliphatic rings. The molecule has 39 heavy (non-hydrogen) atoms. The van der Waals surface area contributed by atoms with Crippen LogP contribution in [0.3, 0.4) is 0 Å². The Morgan fingerprint density at radius 3 is 2.03 bits per heavy atom. The van der Waals surface area contributed by atoms with Crippen LogP contribution in [0.5, 0.6) is 0 Å². The molecule has 0 radical (unpaired) electrons. The number of benzene rings is 3. The lowest BCUT2D eigenvalue weighted by Crippen LogP contribution is -2.39. The quantitative estimate of drug-likeness (QED) is 0.236. The van der Waals surface area contributed by atoms with Crippen molar-refractivity contribution in [2.24, 2.45) is 5.73 Å². The highest BCUT2D eigenvalue weighted by atomic mass is 16.3. The highest BCUT2D eigenvalue weighted by Crippen LogP contribution is 2.32. The maximum Gasteiger partial charge on any atom is 0.254 e. The summed E-state index contributed by atoms with van der Waals surface area (Å²) in [5.41, 5.74) is 8.77. The fraction of sp³-hybridized carbons (Fsp3) is 0.375. The summed E-state index contributed by atoms with van der Waals surface area (Å²) in [5, 5.41) is 24.9. The molecule has 3 atom stereocenters. The number of rotatable bonds is 15. The van der Waals surface area contributed by atoms with Crippen molar-refractivity contribution >= 4 is 11.8 Å². The monoisotopic (exact) mass is 531 g/mol. The Kier molecular flexibility index (Phi) is 11.7. The van der Waals surface area contributed by atoms with Crippen LogP contribution in [0.25, 0.3) is 0 Å². The van der Waals surface area contributed by atoms with Gasteiger partial charge in [-0.2, -0.15) is 0 Å². The molecule has 7 nitrogen and oxygen atoms in total. The van der Waals surface area contributed by atoms with Crippen LogP contribution < -0.4 is 11.1 Å². The van der Waals surface area contributed by atoms with Crippen molar-refractivity contribution in [1.29, 1.82) is 0 Å². The van der Waals surface area contributed by atoms with Gasteiger partial charge in [-0.25, -0.2) is 0 Å². The molecule has 0 aromatic heterocycles. The highest BCUT2D eigenvalue weighted by molar-refractivity contribution is 6.02. The average Bonchev–Trinajstić information content (AvgIpc) is 2.96. The molecule has 5 N–H and O–H groups in total. The summed E-state index contributed by atoms with van der Waals surface area (Å²) in [5.74, 6) is -1.43. The van der Waals surface area contributed by atoms with Crippen molar-refractivity contribution in [3.63, 3.8) is 0 Å². The van der Waals surface area contributed by atoms with Crippen molar-refractivity contribution in [2.75, 3.05) is 26.2 Å². The van der Waals surface area contributed by atoms with E-state index >= 15 is 0 Å². The van der Waals surface area contributed by atoms with E-state index in [9.17, 15) is 19.8 Å². The third-order valence-electron chi connectivity index (χ3n) is 6.97. The minimum atomic E-state index is -0.985. The third-order valence-corrected chi connectivity index (χ3v) is 6.97. The minimum absolute atomic E-state index is 0.131. The number of amides is 2. The van der Waals surface area contributed by atoms with Gasteiger partial charge in [-0.3, -0.25) is 9.59 Å². The van der Waals surface area contributed by atoms with Crippen LogP contribution in [0.1, 0.15) is 76.1 Å². The van der Waals surface area contributed by atoms with Gasteiger partial charge >= 0.3 is 0 Å². The number of aliphatic hydroxyl groups is 2. The molecule has 208 valence electrons. The molecule has 0 fully saturated rings. The summed E-state index contributed by atoms with van der Waals surface area (Å²) < 4.78 is 0. The maximum absolute atomic E-state index is 13.8. The molecule has 0 spiro atoms. The van der Waals surface area contributed by atoms with Gasteiger partial charge in [0.1, 0.15) is 0 Å². The fourth-order valence-electron chi connectivity index (χ4n) is 5.07. The van der Waals surface area contributed by atoms with Crippen molar-refractivity contribution < 1.29 is 19.8 Å². The summed E-state index contributed by atoms with van der Waals surface area (Å²) in [6, 6.07) is 23.8. The van der Waals surface area contributed by atoms with Crippen molar-refractivity contribution in [3.05, 3.63) is 107 Å². The van der Waals surface area contributed by atoms with Gasteiger partial charge in [0.05, 0.1) is 18.8 Å².